The monoisotopic (exact) mass is 321 g/mol. The third-order valence-electron chi connectivity index (χ3n) is 7.36. The van der Waals surface area contributed by atoms with Crippen LogP contribution in [0.4, 0.5) is 0 Å². The lowest BCUT2D eigenvalue weighted by Gasteiger charge is -2.49. The molecule has 2 saturated carbocycles. The Morgan fingerprint density at radius 2 is 1.79 bits per heavy atom. The Morgan fingerprint density at radius 3 is 2.67 bits per heavy atom. The van der Waals surface area contributed by atoms with Gasteiger partial charge in [0.2, 0.25) is 0 Å². The number of fused-ring (bicyclic) bond motifs is 5. The Labute approximate surface area is 144 Å². The standard InChI is InChI=1S/C22H27NO/c24-16-4-6-17-14(12-16)3-5-21-19(17)9-10-20-18(7-8-22(20)21)15-2-1-11-23-13-15/h1-3,7,11,13,16-17,19-22,24H,4-6,8-10,12H2. The molecule has 2 nitrogen and oxygen atoms in total. The lowest BCUT2D eigenvalue weighted by atomic mass is 9.56. The molecule has 1 heterocycles. The van der Waals surface area contributed by atoms with Crippen molar-refractivity contribution in [2.75, 3.05) is 0 Å². The third kappa shape index (κ3) is 2.30. The van der Waals surface area contributed by atoms with E-state index < -0.39 is 0 Å². The molecule has 0 amide bonds. The van der Waals surface area contributed by atoms with E-state index >= 15 is 0 Å². The largest absolute Gasteiger partial charge is 0.393 e. The highest BCUT2D eigenvalue weighted by Gasteiger charge is 2.47. The van der Waals surface area contributed by atoms with Crippen LogP contribution in [-0.2, 0) is 0 Å². The lowest BCUT2D eigenvalue weighted by Crippen LogP contribution is -2.41. The van der Waals surface area contributed by atoms with Crippen LogP contribution in [0.2, 0.25) is 0 Å². The van der Waals surface area contributed by atoms with Crippen molar-refractivity contribution < 1.29 is 5.11 Å². The SMILES string of the molecule is OC1CCC2C(=CCC3C2CCC2C(c4cccnc4)=CCC23)C1. The van der Waals surface area contributed by atoms with E-state index in [9.17, 15) is 5.11 Å². The van der Waals surface area contributed by atoms with Crippen LogP contribution in [0.15, 0.2) is 42.3 Å². The van der Waals surface area contributed by atoms with Gasteiger partial charge < -0.3 is 5.11 Å². The summed E-state index contributed by atoms with van der Waals surface area (Å²) >= 11 is 0. The second-order valence-corrected chi connectivity index (χ2v) is 8.37. The number of nitrogens with zero attached hydrogens (tertiary/aromatic N) is 1. The molecule has 5 rings (SSSR count). The first kappa shape index (κ1) is 14.9. The molecule has 0 aromatic carbocycles. The summed E-state index contributed by atoms with van der Waals surface area (Å²) in [4.78, 5) is 4.34. The molecule has 126 valence electrons. The minimum absolute atomic E-state index is 0.0780. The van der Waals surface area contributed by atoms with Crippen molar-refractivity contribution in [3.8, 4) is 0 Å². The highest BCUT2D eigenvalue weighted by Crippen LogP contribution is 2.57. The zero-order valence-electron chi connectivity index (χ0n) is 14.3. The van der Waals surface area contributed by atoms with Gasteiger partial charge in [-0.3, -0.25) is 4.98 Å². The van der Waals surface area contributed by atoms with Gasteiger partial charge in [0.05, 0.1) is 6.10 Å². The molecular weight excluding hydrogens is 294 g/mol. The van der Waals surface area contributed by atoms with Gasteiger partial charge in [-0.25, -0.2) is 0 Å². The highest BCUT2D eigenvalue weighted by molar-refractivity contribution is 5.69. The normalized spacial score (nSPS) is 40.9. The molecule has 1 N–H and O–H groups in total. The molecule has 4 aliphatic carbocycles. The molecule has 6 unspecified atom stereocenters. The number of aliphatic hydroxyl groups is 1. The van der Waals surface area contributed by atoms with E-state index in [2.05, 4.69) is 29.3 Å². The molecule has 1 aromatic rings. The van der Waals surface area contributed by atoms with E-state index in [1.807, 2.05) is 12.4 Å². The van der Waals surface area contributed by atoms with Crippen molar-refractivity contribution in [3.63, 3.8) is 0 Å². The van der Waals surface area contributed by atoms with Crippen LogP contribution in [0.5, 0.6) is 0 Å². The fourth-order valence-corrected chi connectivity index (χ4v) is 6.36. The number of allylic oxidation sites excluding steroid dienone is 3. The first-order valence-corrected chi connectivity index (χ1v) is 9.78. The first-order chi connectivity index (χ1) is 11.8. The molecule has 0 aliphatic heterocycles. The Bertz CT molecular complexity index is 676. The Balaban J connectivity index is 1.40. The summed E-state index contributed by atoms with van der Waals surface area (Å²) in [5.74, 6) is 4.09. The van der Waals surface area contributed by atoms with Crippen LogP contribution in [0.3, 0.4) is 0 Å². The molecule has 0 spiro atoms. The van der Waals surface area contributed by atoms with Crippen LogP contribution >= 0.6 is 0 Å². The highest BCUT2D eigenvalue weighted by atomic mass is 16.3. The van der Waals surface area contributed by atoms with E-state index in [1.165, 1.54) is 37.7 Å². The van der Waals surface area contributed by atoms with E-state index in [0.29, 0.717) is 0 Å². The predicted octanol–water partition coefficient (Wildman–Crippen LogP) is 4.62. The number of hydrogen-bond acceptors (Lipinski definition) is 2. The fourth-order valence-electron chi connectivity index (χ4n) is 6.36. The van der Waals surface area contributed by atoms with Gasteiger partial charge in [-0.15, -0.1) is 0 Å². The van der Waals surface area contributed by atoms with Crippen molar-refractivity contribution in [2.24, 2.45) is 29.6 Å². The predicted molar refractivity (Wildman–Crippen MR) is 96.1 cm³/mol. The van der Waals surface area contributed by atoms with Gasteiger partial charge in [-0.1, -0.05) is 23.8 Å². The van der Waals surface area contributed by atoms with Gasteiger partial charge in [0, 0.05) is 12.4 Å². The summed E-state index contributed by atoms with van der Waals surface area (Å²) in [6.45, 7) is 0. The van der Waals surface area contributed by atoms with Crippen LogP contribution in [0.1, 0.15) is 50.5 Å². The Morgan fingerprint density at radius 1 is 0.917 bits per heavy atom. The van der Waals surface area contributed by atoms with E-state index in [1.54, 1.807) is 11.1 Å². The molecule has 2 fully saturated rings. The zero-order valence-corrected chi connectivity index (χ0v) is 14.3. The van der Waals surface area contributed by atoms with Gasteiger partial charge in [-0.2, -0.15) is 0 Å². The molecule has 0 bridgehead atoms. The van der Waals surface area contributed by atoms with E-state index in [-0.39, 0.29) is 6.10 Å². The Kier molecular flexibility index (Phi) is 3.62. The Hall–Kier alpha value is -1.41. The number of rotatable bonds is 1. The third-order valence-corrected chi connectivity index (χ3v) is 7.36. The molecule has 1 aromatic heterocycles. The molecule has 6 atom stereocenters. The molecule has 4 aliphatic rings. The second kappa shape index (κ2) is 5.84. The average Bonchev–Trinajstić information content (AvgIpc) is 3.06. The van der Waals surface area contributed by atoms with Gasteiger partial charge in [0.1, 0.15) is 0 Å². The second-order valence-electron chi connectivity index (χ2n) is 8.37. The summed E-state index contributed by atoms with van der Waals surface area (Å²) in [7, 11) is 0. The van der Waals surface area contributed by atoms with Crippen LogP contribution < -0.4 is 0 Å². The molecule has 0 saturated heterocycles. The van der Waals surface area contributed by atoms with Gasteiger partial charge in [0.25, 0.3) is 0 Å². The molecule has 2 heteroatoms. The van der Waals surface area contributed by atoms with Gasteiger partial charge in [0.15, 0.2) is 0 Å². The number of pyridine rings is 1. The minimum atomic E-state index is -0.0780. The van der Waals surface area contributed by atoms with Crippen LogP contribution in [0.25, 0.3) is 5.57 Å². The van der Waals surface area contributed by atoms with Crippen molar-refractivity contribution in [1.29, 1.82) is 0 Å². The smallest absolute Gasteiger partial charge is 0.0577 e. The number of aliphatic hydroxyl groups excluding tert-OH is 1. The summed E-state index contributed by atoms with van der Waals surface area (Å²) in [5, 5.41) is 10.0. The molecule has 24 heavy (non-hydrogen) atoms. The van der Waals surface area contributed by atoms with Gasteiger partial charge >= 0.3 is 0 Å². The number of aromatic nitrogens is 1. The summed E-state index contributed by atoms with van der Waals surface area (Å²) in [6, 6.07) is 4.30. The maximum atomic E-state index is 10.0. The van der Waals surface area contributed by atoms with E-state index in [0.717, 1.165) is 42.4 Å². The van der Waals surface area contributed by atoms with Crippen molar-refractivity contribution in [1.82, 2.24) is 4.98 Å². The fraction of sp³-hybridized carbons (Fsp3) is 0.591. The number of hydrogen-bond donors (Lipinski definition) is 1. The van der Waals surface area contributed by atoms with Gasteiger partial charge in [-0.05, 0) is 91.7 Å². The minimum Gasteiger partial charge on any atom is -0.393 e. The zero-order chi connectivity index (χ0) is 16.1. The van der Waals surface area contributed by atoms with Crippen molar-refractivity contribution in [3.05, 3.63) is 47.8 Å². The van der Waals surface area contributed by atoms with Crippen molar-refractivity contribution >= 4 is 5.57 Å². The van der Waals surface area contributed by atoms with E-state index in [4.69, 9.17) is 0 Å². The summed E-state index contributed by atoms with van der Waals surface area (Å²) in [6.07, 6.45) is 17.3. The maximum absolute atomic E-state index is 10.0. The topological polar surface area (TPSA) is 33.1 Å². The quantitative estimate of drug-likeness (QED) is 0.766. The molecular formula is C22H27NO. The summed E-state index contributed by atoms with van der Waals surface area (Å²) < 4.78 is 0. The lowest BCUT2D eigenvalue weighted by molar-refractivity contribution is 0.0511. The molecule has 0 radical (unpaired) electrons. The summed E-state index contributed by atoms with van der Waals surface area (Å²) in [5.41, 5.74) is 4.50. The maximum Gasteiger partial charge on any atom is 0.0577 e. The average molecular weight is 321 g/mol. The first-order valence-electron chi connectivity index (χ1n) is 9.78. The van der Waals surface area contributed by atoms with Crippen molar-refractivity contribution in [2.45, 2.75) is 51.0 Å². The van der Waals surface area contributed by atoms with Crippen LogP contribution in [-0.4, -0.2) is 16.2 Å². The van der Waals surface area contributed by atoms with Crippen LogP contribution in [0, 0.1) is 29.6 Å².